The van der Waals surface area contributed by atoms with Crippen molar-refractivity contribution in [3.05, 3.63) is 24.3 Å². The molecule has 0 atom stereocenters. The molecule has 9 heteroatoms. The van der Waals surface area contributed by atoms with Gasteiger partial charge < -0.3 is 24.2 Å². The summed E-state index contributed by atoms with van der Waals surface area (Å²) in [5.41, 5.74) is 1.80. The number of aromatic nitrogens is 2. The third-order valence-electron chi connectivity index (χ3n) is 5.95. The number of hydrogen-bond acceptors (Lipinski definition) is 6. The maximum atomic E-state index is 13.0. The third kappa shape index (κ3) is 4.79. The molecule has 0 aliphatic carbocycles. The Labute approximate surface area is 181 Å². The minimum Gasteiger partial charge on any atom is -0.339 e. The second-order valence-corrected chi connectivity index (χ2v) is 9.07. The molecule has 3 heterocycles. The summed E-state index contributed by atoms with van der Waals surface area (Å²) in [6, 6.07) is 7.86. The number of piperazine rings is 2. The number of likely N-dealkylation sites (N-methyl/N-ethyl adjacent to an activating group) is 2. The van der Waals surface area contributed by atoms with E-state index in [2.05, 4.69) is 23.9 Å². The molecule has 162 valence electrons. The average molecular weight is 431 g/mol. The molecule has 0 bridgehead atoms. The number of para-hydroxylation sites is 2. The van der Waals surface area contributed by atoms with Crippen LogP contribution in [0, 0.1) is 0 Å². The minimum atomic E-state index is 0.110. The molecule has 1 aromatic heterocycles. The van der Waals surface area contributed by atoms with Gasteiger partial charge in [0, 0.05) is 52.4 Å². The Morgan fingerprint density at radius 1 is 0.867 bits per heavy atom. The molecule has 2 aromatic rings. The summed E-state index contributed by atoms with van der Waals surface area (Å²) in [5, 5.41) is 0.737. The molecule has 0 unspecified atom stereocenters. The summed E-state index contributed by atoms with van der Waals surface area (Å²) in [6.45, 7) is 6.94. The molecule has 1 aromatic carbocycles. The van der Waals surface area contributed by atoms with Crippen LogP contribution in [-0.2, 0) is 16.1 Å². The zero-order chi connectivity index (χ0) is 21.1. The smallest absolute Gasteiger partial charge is 0.242 e. The van der Waals surface area contributed by atoms with E-state index >= 15 is 0 Å². The second kappa shape index (κ2) is 9.36. The van der Waals surface area contributed by atoms with Gasteiger partial charge in [-0.25, -0.2) is 4.98 Å². The van der Waals surface area contributed by atoms with Gasteiger partial charge in [-0.15, -0.1) is 0 Å². The highest BCUT2D eigenvalue weighted by Crippen LogP contribution is 2.25. The van der Waals surface area contributed by atoms with Gasteiger partial charge in [-0.05, 0) is 26.2 Å². The highest BCUT2D eigenvalue weighted by molar-refractivity contribution is 7.99. The van der Waals surface area contributed by atoms with Gasteiger partial charge >= 0.3 is 0 Å². The van der Waals surface area contributed by atoms with E-state index in [1.54, 1.807) is 0 Å². The van der Waals surface area contributed by atoms with Crippen LogP contribution in [0.25, 0.3) is 11.0 Å². The van der Waals surface area contributed by atoms with E-state index in [1.807, 2.05) is 38.6 Å². The summed E-state index contributed by atoms with van der Waals surface area (Å²) in [5.74, 6) is 0.589. The van der Waals surface area contributed by atoms with Crippen LogP contribution < -0.4 is 0 Å². The molecule has 0 N–H and O–H groups in total. The van der Waals surface area contributed by atoms with Gasteiger partial charge in [0.05, 0.1) is 16.8 Å². The van der Waals surface area contributed by atoms with E-state index in [9.17, 15) is 9.59 Å². The van der Waals surface area contributed by atoms with E-state index < -0.39 is 0 Å². The second-order valence-electron chi connectivity index (χ2n) is 8.13. The van der Waals surface area contributed by atoms with Gasteiger partial charge in [0.15, 0.2) is 5.16 Å². The maximum absolute atomic E-state index is 13.0. The number of benzene rings is 1. The van der Waals surface area contributed by atoms with E-state index in [0.29, 0.717) is 5.75 Å². The Bertz CT molecular complexity index is 900. The standard InChI is InChI=1S/C21H30N6O2S/c1-23-7-11-25(12-8-23)19(28)15-27-18-6-4-3-5-17(18)22-21(27)30-16-20(29)26-13-9-24(2)10-14-26/h3-6H,7-16H2,1-2H3. The first-order valence-corrected chi connectivity index (χ1v) is 11.5. The fourth-order valence-electron chi connectivity index (χ4n) is 3.88. The van der Waals surface area contributed by atoms with Crippen molar-refractivity contribution in [1.29, 1.82) is 0 Å². The van der Waals surface area contributed by atoms with Crippen molar-refractivity contribution >= 4 is 34.6 Å². The number of amides is 2. The van der Waals surface area contributed by atoms with Crippen LogP contribution in [0.4, 0.5) is 0 Å². The topological polar surface area (TPSA) is 64.9 Å². The number of thioether (sulfide) groups is 1. The predicted octanol–water partition coefficient (Wildman–Crippen LogP) is 0.676. The number of fused-ring (bicyclic) bond motifs is 1. The van der Waals surface area contributed by atoms with Crippen LogP contribution in [0.1, 0.15) is 0 Å². The lowest BCUT2D eigenvalue weighted by molar-refractivity contribution is -0.133. The molecule has 2 amide bonds. The largest absolute Gasteiger partial charge is 0.339 e. The molecule has 8 nitrogen and oxygen atoms in total. The van der Waals surface area contributed by atoms with Crippen molar-refractivity contribution in [2.75, 3.05) is 72.2 Å². The predicted molar refractivity (Wildman–Crippen MR) is 119 cm³/mol. The number of rotatable bonds is 5. The van der Waals surface area contributed by atoms with Crippen molar-refractivity contribution in [2.24, 2.45) is 0 Å². The molecule has 30 heavy (non-hydrogen) atoms. The molecule has 2 aliphatic rings. The summed E-state index contributed by atoms with van der Waals surface area (Å²) in [4.78, 5) is 38.7. The first-order chi connectivity index (χ1) is 14.5. The van der Waals surface area contributed by atoms with Crippen molar-refractivity contribution in [3.8, 4) is 0 Å². The minimum absolute atomic E-state index is 0.110. The quantitative estimate of drug-likeness (QED) is 0.650. The van der Waals surface area contributed by atoms with Gasteiger partial charge in [-0.3, -0.25) is 9.59 Å². The number of hydrogen-bond donors (Lipinski definition) is 0. The van der Waals surface area contributed by atoms with Crippen LogP contribution in [0.15, 0.2) is 29.4 Å². The van der Waals surface area contributed by atoms with Gasteiger partial charge in [0.2, 0.25) is 11.8 Å². The number of carbonyl (C=O) groups excluding carboxylic acids is 2. The first-order valence-electron chi connectivity index (χ1n) is 10.5. The third-order valence-corrected chi connectivity index (χ3v) is 6.91. The lowest BCUT2D eigenvalue weighted by Crippen LogP contribution is -2.48. The fourth-order valence-corrected chi connectivity index (χ4v) is 4.80. The Balaban J connectivity index is 1.46. The molecule has 2 saturated heterocycles. The van der Waals surface area contributed by atoms with Crippen LogP contribution >= 0.6 is 11.8 Å². The van der Waals surface area contributed by atoms with Crippen LogP contribution in [0.2, 0.25) is 0 Å². The summed E-state index contributed by atoms with van der Waals surface area (Å²) < 4.78 is 1.97. The molecule has 0 radical (unpaired) electrons. The first kappa shape index (κ1) is 21.1. The molecule has 4 rings (SSSR count). The number of nitrogens with zero attached hydrogens (tertiary/aromatic N) is 6. The molecular weight excluding hydrogens is 400 g/mol. The van der Waals surface area contributed by atoms with E-state index in [4.69, 9.17) is 4.98 Å². The van der Waals surface area contributed by atoms with Crippen molar-refractivity contribution in [3.63, 3.8) is 0 Å². The fraction of sp³-hybridized carbons (Fsp3) is 0.571. The molecule has 0 saturated carbocycles. The average Bonchev–Trinajstić information content (AvgIpc) is 3.10. The highest BCUT2D eigenvalue weighted by Gasteiger charge is 2.23. The zero-order valence-electron chi connectivity index (χ0n) is 17.8. The van der Waals surface area contributed by atoms with Gasteiger partial charge in [-0.1, -0.05) is 23.9 Å². The van der Waals surface area contributed by atoms with Crippen molar-refractivity contribution in [2.45, 2.75) is 11.7 Å². The van der Waals surface area contributed by atoms with E-state index in [-0.39, 0.29) is 18.4 Å². The Morgan fingerprint density at radius 2 is 1.43 bits per heavy atom. The SMILES string of the molecule is CN1CCN(C(=O)CSc2nc3ccccc3n2CC(=O)N2CCN(C)CC2)CC1. The Kier molecular flexibility index (Phi) is 6.60. The molecular formula is C21H30N6O2S. The lowest BCUT2D eigenvalue weighted by Gasteiger charge is -2.32. The monoisotopic (exact) mass is 430 g/mol. The molecule has 0 spiro atoms. The highest BCUT2D eigenvalue weighted by atomic mass is 32.2. The van der Waals surface area contributed by atoms with Crippen molar-refractivity contribution in [1.82, 2.24) is 29.2 Å². The number of carbonyl (C=O) groups is 2. The summed E-state index contributed by atoms with van der Waals surface area (Å²) in [7, 11) is 4.16. The van der Waals surface area contributed by atoms with E-state index in [0.717, 1.165) is 68.5 Å². The lowest BCUT2D eigenvalue weighted by atomic mass is 10.3. The summed E-state index contributed by atoms with van der Waals surface area (Å²) >= 11 is 1.43. The van der Waals surface area contributed by atoms with Crippen LogP contribution in [-0.4, -0.2) is 113 Å². The van der Waals surface area contributed by atoms with E-state index in [1.165, 1.54) is 11.8 Å². The van der Waals surface area contributed by atoms with Crippen LogP contribution in [0.3, 0.4) is 0 Å². The molecule has 2 fully saturated rings. The molecule has 2 aliphatic heterocycles. The zero-order valence-corrected chi connectivity index (χ0v) is 18.6. The van der Waals surface area contributed by atoms with Crippen LogP contribution in [0.5, 0.6) is 0 Å². The van der Waals surface area contributed by atoms with Gasteiger partial charge in [0.25, 0.3) is 0 Å². The van der Waals surface area contributed by atoms with Gasteiger partial charge in [-0.2, -0.15) is 0 Å². The van der Waals surface area contributed by atoms with Crippen molar-refractivity contribution < 1.29 is 9.59 Å². The number of imidazole rings is 1. The summed E-state index contributed by atoms with van der Waals surface area (Å²) in [6.07, 6.45) is 0. The Morgan fingerprint density at radius 3 is 2.07 bits per heavy atom. The normalized spacial score (nSPS) is 18.9. The van der Waals surface area contributed by atoms with Gasteiger partial charge in [0.1, 0.15) is 6.54 Å². The Hall–Kier alpha value is -2.10. The maximum Gasteiger partial charge on any atom is 0.242 e.